The van der Waals surface area contributed by atoms with Crippen molar-refractivity contribution in [1.82, 2.24) is 34.7 Å². The van der Waals surface area contributed by atoms with E-state index in [9.17, 15) is 0 Å². The highest BCUT2D eigenvalue weighted by Crippen LogP contribution is 2.27. The summed E-state index contributed by atoms with van der Waals surface area (Å²) < 4.78 is 3.86. The normalized spacial score (nSPS) is 13.7. The Hall–Kier alpha value is -3.29. The van der Waals surface area contributed by atoms with E-state index in [1.165, 1.54) is 18.5 Å². The van der Waals surface area contributed by atoms with Gasteiger partial charge in [0.1, 0.15) is 6.33 Å². The van der Waals surface area contributed by atoms with E-state index < -0.39 is 0 Å². The molecule has 4 heterocycles. The van der Waals surface area contributed by atoms with Gasteiger partial charge in [-0.25, -0.2) is 14.6 Å². The van der Waals surface area contributed by atoms with E-state index in [2.05, 4.69) is 47.5 Å². The maximum atomic E-state index is 4.46. The highest BCUT2D eigenvalue weighted by Gasteiger charge is 2.17. The molecule has 0 fully saturated rings. The lowest BCUT2D eigenvalue weighted by Crippen LogP contribution is -2.12. The fourth-order valence-corrected chi connectivity index (χ4v) is 3.40. The van der Waals surface area contributed by atoms with Crippen molar-refractivity contribution in [2.75, 3.05) is 5.32 Å². The quantitative estimate of drug-likeness (QED) is 0.611. The lowest BCUT2D eigenvalue weighted by Gasteiger charge is -2.15. The Kier molecular flexibility index (Phi) is 3.59. The number of nitrogens with one attached hydrogen (secondary N) is 1. The van der Waals surface area contributed by atoms with Crippen molar-refractivity contribution in [2.45, 2.75) is 32.4 Å². The molecule has 4 aromatic rings. The summed E-state index contributed by atoms with van der Waals surface area (Å²) in [4.78, 5) is 8.76. The summed E-state index contributed by atoms with van der Waals surface area (Å²) in [6.07, 6.45) is 6.80. The molecule has 5 rings (SSSR count). The molecule has 1 aliphatic heterocycles. The molecule has 0 bridgehead atoms. The Bertz CT molecular complexity index is 1050. The molecular formula is C18H18N8. The summed E-state index contributed by atoms with van der Waals surface area (Å²) in [5.41, 5.74) is 4.74. The van der Waals surface area contributed by atoms with Crippen LogP contribution in [0.3, 0.4) is 0 Å². The largest absolute Gasteiger partial charge is 0.335 e. The summed E-state index contributed by atoms with van der Waals surface area (Å²) in [5.74, 6) is 0.663. The molecule has 0 spiro atoms. The molecule has 26 heavy (non-hydrogen) atoms. The number of fused-ring (bicyclic) bond motifs is 2. The van der Waals surface area contributed by atoms with Crippen molar-refractivity contribution in [1.29, 1.82) is 0 Å². The molecular weight excluding hydrogens is 328 g/mol. The number of nitrogens with zero attached hydrogens (tertiary/aromatic N) is 7. The van der Waals surface area contributed by atoms with Gasteiger partial charge in [-0.2, -0.15) is 5.10 Å². The summed E-state index contributed by atoms with van der Waals surface area (Å²) in [5, 5.41) is 16.4. The van der Waals surface area contributed by atoms with Crippen LogP contribution in [-0.4, -0.2) is 34.7 Å². The van der Waals surface area contributed by atoms with Crippen LogP contribution in [0.2, 0.25) is 0 Å². The van der Waals surface area contributed by atoms with E-state index in [0.29, 0.717) is 23.5 Å². The van der Waals surface area contributed by atoms with E-state index in [-0.39, 0.29) is 0 Å². The van der Waals surface area contributed by atoms with Crippen LogP contribution in [0.1, 0.15) is 24.1 Å². The van der Waals surface area contributed by atoms with Gasteiger partial charge >= 0.3 is 0 Å². The Labute approximate surface area is 149 Å². The van der Waals surface area contributed by atoms with Crippen molar-refractivity contribution in [3.8, 4) is 0 Å². The molecule has 1 N–H and O–H groups in total. The lowest BCUT2D eigenvalue weighted by atomic mass is 10.1. The smallest absolute Gasteiger partial charge is 0.184 e. The third kappa shape index (κ3) is 2.59. The Morgan fingerprint density at radius 1 is 1.08 bits per heavy atom. The average Bonchev–Trinajstić information content (AvgIpc) is 3.28. The van der Waals surface area contributed by atoms with Gasteiger partial charge < -0.3 is 5.32 Å². The van der Waals surface area contributed by atoms with E-state index in [1.807, 2.05) is 24.4 Å². The predicted molar refractivity (Wildman–Crippen MR) is 97.1 cm³/mol. The number of benzene rings is 1. The minimum Gasteiger partial charge on any atom is -0.335 e. The van der Waals surface area contributed by atoms with Crippen molar-refractivity contribution in [3.05, 3.63) is 54.1 Å². The van der Waals surface area contributed by atoms with E-state index in [0.717, 1.165) is 24.2 Å². The van der Waals surface area contributed by atoms with Crippen molar-refractivity contribution < 1.29 is 0 Å². The summed E-state index contributed by atoms with van der Waals surface area (Å²) in [7, 11) is 0. The third-order valence-electron chi connectivity index (χ3n) is 4.71. The molecule has 1 aliphatic rings. The maximum absolute atomic E-state index is 4.46. The topological polar surface area (TPSA) is 86.3 Å². The molecule has 1 aromatic carbocycles. The van der Waals surface area contributed by atoms with Crippen LogP contribution in [0, 0.1) is 0 Å². The molecule has 8 heteroatoms. The van der Waals surface area contributed by atoms with Gasteiger partial charge in [0.15, 0.2) is 17.0 Å². The predicted octanol–water partition coefficient (Wildman–Crippen LogP) is 2.55. The molecule has 0 unspecified atom stereocenters. The van der Waals surface area contributed by atoms with E-state index in [4.69, 9.17) is 0 Å². The molecule has 0 atom stereocenters. The third-order valence-corrected chi connectivity index (χ3v) is 4.71. The zero-order valence-corrected chi connectivity index (χ0v) is 14.2. The number of aryl methyl sites for hydroxylation is 1. The fraction of sp³-hybridized carbons (Fsp3) is 0.278. The van der Waals surface area contributed by atoms with Crippen molar-refractivity contribution >= 4 is 22.7 Å². The first-order valence-electron chi connectivity index (χ1n) is 8.78. The van der Waals surface area contributed by atoms with Gasteiger partial charge in [-0.1, -0.05) is 35.5 Å². The van der Waals surface area contributed by atoms with Crippen LogP contribution in [0.25, 0.3) is 11.2 Å². The molecule has 3 aromatic heterocycles. The van der Waals surface area contributed by atoms with Crippen LogP contribution < -0.4 is 5.32 Å². The zero-order valence-electron chi connectivity index (χ0n) is 14.2. The number of anilines is 2. The van der Waals surface area contributed by atoms with Crippen LogP contribution >= 0.6 is 0 Å². The zero-order chi connectivity index (χ0) is 17.3. The van der Waals surface area contributed by atoms with E-state index in [1.54, 1.807) is 11.0 Å². The van der Waals surface area contributed by atoms with Crippen molar-refractivity contribution in [3.63, 3.8) is 0 Å². The SMILES string of the molecule is c1ccc(Cn2nnc3c(Nc4cnn5c4CCCC5)ncnc32)cc1. The molecule has 0 amide bonds. The minimum absolute atomic E-state index is 0.622. The first-order chi connectivity index (χ1) is 12.9. The Morgan fingerprint density at radius 3 is 2.92 bits per heavy atom. The molecule has 0 saturated heterocycles. The second-order valence-corrected chi connectivity index (χ2v) is 6.44. The molecule has 8 nitrogen and oxygen atoms in total. The summed E-state index contributed by atoms with van der Waals surface area (Å²) >= 11 is 0. The second-order valence-electron chi connectivity index (χ2n) is 6.44. The summed E-state index contributed by atoms with van der Waals surface area (Å²) in [6.45, 7) is 1.60. The molecule has 130 valence electrons. The number of rotatable bonds is 4. The average molecular weight is 346 g/mol. The maximum Gasteiger partial charge on any atom is 0.184 e. The van der Waals surface area contributed by atoms with Gasteiger partial charge in [-0.3, -0.25) is 4.68 Å². The fourth-order valence-electron chi connectivity index (χ4n) is 3.40. The molecule has 0 saturated carbocycles. The first-order valence-corrected chi connectivity index (χ1v) is 8.78. The van der Waals surface area contributed by atoms with Crippen LogP contribution in [0.4, 0.5) is 11.5 Å². The van der Waals surface area contributed by atoms with Gasteiger partial charge in [0.2, 0.25) is 0 Å². The number of hydrogen-bond acceptors (Lipinski definition) is 6. The Morgan fingerprint density at radius 2 is 2.00 bits per heavy atom. The molecule has 0 aliphatic carbocycles. The number of aromatic nitrogens is 7. The monoisotopic (exact) mass is 346 g/mol. The van der Waals surface area contributed by atoms with Crippen LogP contribution in [0.5, 0.6) is 0 Å². The standard InChI is InChI=1S/C18H18N8/c1-2-6-13(7-3-1)11-26-18-16(23-24-26)17(19-12-20-18)22-14-10-21-25-9-5-4-8-15(14)25/h1-3,6-7,10,12H,4-5,8-9,11H2,(H,19,20,22). The lowest BCUT2D eigenvalue weighted by molar-refractivity contribution is 0.487. The van der Waals surface area contributed by atoms with Crippen molar-refractivity contribution in [2.24, 2.45) is 0 Å². The van der Waals surface area contributed by atoms with Gasteiger partial charge in [-0.05, 0) is 24.8 Å². The van der Waals surface area contributed by atoms with Gasteiger partial charge in [0, 0.05) is 6.54 Å². The van der Waals surface area contributed by atoms with Gasteiger partial charge in [-0.15, -0.1) is 5.10 Å². The van der Waals surface area contributed by atoms with Gasteiger partial charge in [0.05, 0.1) is 24.1 Å². The Balaban J connectivity index is 1.48. The highest BCUT2D eigenvalue weighted by molar-refractivity contribution is 5.84. The van der Waals surface area contributed by atoms with Crippen LogP contribution in [-0.2, 0) is 19.5 Å². The summed E-state index contributed by atoms with van der Waals surface area (Å²) in [6, 6.07) is 10.2. The second kappa shape index (κ2) is 6.21. The van der Waals surface area contributed by atoms with Gasteiger partial charge in [0.25, 0.3) is 0 Å². The first kappa shape index (κ1) is 15.0. The van der Waals surface area contributed by atoms with Crippen LogP contribution in [0.15, 0.2) is 42.9 Å². The minimum atomic E-state index is 0.622. The number of hydrogen-bond donors (Lipinski definition) is 1. The highest BCUT2D eigenvalue weighted by atomic mass is 15.4. The van der Waals surface area contributed by atoms with E-state index >= 15 is 0 Å². The molecule has 0 radical (unpaired) electrons.